The largest absolute Gasteiger partial charge is 0.394 e. The van der Waals surface area contributed by atoms with Crippen LogP contribution in [-0.2, 0) is 0 Å². The van der Waals surface area contributed by atoms with E-state index < -0.39 is 0 Å². The molecule has 100 valence electrons. The van der Waals surface area contributed by atoms with Gasteiger partial charge in [0.15, 0.2) is 0 Å². The molecule has 0 aliphatic heterocycles. The summed E-state index contributed by atoms with van der Waals surface area (Å²) in [7, 11) is 0. The third-order valence-corrected chi connectivity index (χ3v) is 3.26. The minimum atomic E-state index is -0.325. The monoisotopic (exact) mass is 278 g/mol. The first-order chi connectivity index (χ1) is 9.15. The molecule has 1 heterocycles. The van der Waals surface area contributed by atoms with Gasteiger partial charge in [0.25, 0.3) is 5.91 Å². The molecule has 0 spiro atoms. The van der Waals surface area contributed by atoms with Crippen LogP contribution in [0, 0.1) is 0 Å². The molecule has 5 heteroatoms. The fraction of sp³-hybridized carbons (Fsp3) is 0.286. The second-order valence-corrected chi connectivity index (χ2v) is 4.64. The summed E-state index contributed by atoms with van der Waals surface area (Å²) in [5.74, 6) is -0.325. The Bertz CT molecular complexity index is 597. The molecular formula is C14H15ClN2O2. The van der Waals surface area contributed by atoms with Crippen LogP contribution >= 0.6 is 11.6 Å². The molecule has 2 rings (SSSR count). The van der Waals surface area contributed by atoms with Crippen molar-refractivity contribution in [1.82, 2.24) is 10.3 Å². The maximum Gasteiger partial charge on any atom is 0.270 e. The van der Waals surface area contributed by atoms with Crippen LogP contribution in [0.4, 0.5) is 0 Å². The van der Waals surface area contributed by atoms with Crippen LogP contribution in [0.25, 0.3) is 10.8 Å². The summed E-state index contributed by atoms with van der Waals surface area (Å²) in [4.78, 5) is 16.1. The van der Waals surface area contributed by atoms with Crippen LogP contribution in [0.2, 0.25) is 5.15 Å². The van der Waals surface area contributed by atoms with E-state index in [2.05, 4.69) is 10.3 Å². The standard InChI is InChI=1S/C14H15ClN2O2/c1-2-10(8-18)16-14(19)12-7-9-5-3-4-6-11(9)13(15)17-12/h3-7,10,18H,2,8H2,1H3,(H,16,19)/t10-/m0/s1. The van der Waals surface area contributed by atoms with Gasteiger partial charge in [-0.2, -0.15) is 0 Å². The summed E-state index contributed by atoms with van der Waals surface area (Å²) in [6, 6.07) is 8.91. The van der Waals surface area contributed by atoms with Gasteiger partial charge in [-0.1, -0.05) is 42.8 Å². The number of benzene rings is 1. The van der Waals surface area contributed by atoms with E-state index in [1.54, 1.807) is 6.07 Å². The molecule has 1 amide bonds. The van der Waals surface area contributed by atoms with Crippen molar-refractivity contribution in [2.45, 2.75) is 19.4 Å². The molecule has 1 aromatic heterocycles. The number of pyridine rings is 1. The molecular weight excluding hydrogens is 264 g/mol. The number of aliphatic hydroxyl groups excluding tert-OH is 1. The highest BCUT2D eigenvalue weighted by Crippen LogP contribution is 2.22. The average Bonchev–Trinajstić information content (AvgIpc) is 2.44. The lowest BCUT2D eigenvalue weighted by Gasteiger charge is -2.14. The van der Waals surface area contributed by atoms with E-state index in [0.717, 1.165) is 10.8 Å². The third-order valence-electron chi connectivity index (χ3n) is 2.97. The summed E-state index contributed by atoms with van der Waals surface area (Å²) in [5, 5.41) is 13.8. The molecule has 1 aromatic carbocycles. The Morgan fingerprint density at radius 2 is 2.21 bits per heavy atom. The van der Waals surface area contributed by atoms with Crippen LogP contribution in [0.15, 0.2) is 30.3 Å². The highest BCUT2D eigenvalue weighted by Gasteiger charge is 2.14. The van der Waals surface area contributed by atoms with Crippen molar-refractivity contribution in [2.24, 2.45) is 0 Å². The number of aliphatic hydroxyl groups is 1. The Morgan fingerprint density at radius 1 is 1.47 bits per heavy atom. The number of fused-ring (bicyclic) bond motifs is 1. The van der Waals surface area contributed by atoms with Crippen LogP contribution < -0.4 is 5.32 Å². The highest BCUT2D eigenvalue weighted by molar-refractivity contribution is 6.34. The van der Waals surface area contributed by atoms with Gasteiger partial charge in [-0.15, -0.1) is 0 Å². The summed E-state index contributed by atoms with van der Waals surface area (Å²) >= 11 is 6.07. The van der Waals surface area contributed by atoms with Gasteiger partial charge in [0.05, 0.1) is 12.6 Å². The van der Waals surface area contributed by atoms with E-state index >= 15 is 0 Å². The topological polar surface area (TPSA) is 62.2 Å². The normalized spacial score (nSPS) is 12.4. The molecule has 4 nitrogen and oxygen atoms in total. The Kier molecular flexibility index (Phi) is 4.35. The van der Waals surface area contributed by atoms with Gasteiger partial charge in [-0.3, -0.25) is 4.79 Å². The Labute approximate surface area is 116 Å². The van der Waals surface area contributed by atoms with Crippen molar-refractivity contribution in [3.05, 3.63) is 41.2 Å². The van der Waals surface area contributed by atoms with E-state index in [0.29, 0.717) is 11.6 Å². The van der Waals surface area contributed by atoms with Crippen molar-refractivity contribution >= 4 is 28.3 Å². The number of hydrogen-bond acceptors (Lipinski definition) is 3. The van der Waals surface area contributed by atoms with Crippen molar-refractivity contribution < 1.29 is 9.90 Å². The van der Waals surface area contributed by atoms with Crippen LogP contribution in [-0.4, -0.2) is 28.6 Å². The van der Waals surface area contributed by atoms with Crippen LogP contribution in [0.1, 0.15) is 23.8 Å². The minimum Gasteiger partial charge on any atom is -0.394 e. The van der Waals surface area contributed by atoms with Gasteiger partial charge in [-0.05, 0) is 17.9 Å². The first-order valence-corrected chi connectivity index (χ1v) is 6.50. The molecule has 0 aliphatic rings. The molecule has 0 radical (unpaired) electrons. The molecule has 19 heavy (non-hydrogen) atoms. The molecule has 2 N–H and O–H groups in total. The second-order valence-electron chi connectivity index (χ2n) is 4.28. The lowest BCUT2D eigenvalue weighted by atomic mass is 10.1. The SMILES string of the molecule is CC[C@@H](CO)NC(=O)c1cc2ccccc2c(Cl)n1. The Balaban J connectivity index is 2.32. The summed E-state index contributed by atoms with van der Waals surface area (Å²) in [6.45, 7) is 1.80. The summed E-state index contributed by atoms with van der Waals surface area (Å²) < 4.78 is 0. The summed E-state index contributed by atoms with van der Waals surface area (Å²) in [5.41, 5.74) is 0.260. The summed E-state index contributed by atoms with van der Waals surface area (Å²) in [6.07, 6.45) is 0.656. The molecule has 0 fully saturated rings. The first kappa shape index (κ1) is 13.8. The van der Waals surface area contributed by atoms with Crippen LogP contribution in [0.3, 0.4) is 0 Å². The smallest absolute Gasteiger partial charge is 0.270 e. The molecule has 0 unspecified atom stereocenters. The Morgan fingerprint density at radius 3 is 2.89 bits per heavy atom. The minimum absolute atomic E-state index is 0.0937. The van der Waals surface area contributed by atoms with Gasteiger partial charge < -0.3 is 10.4 Å². The zero-order valence-corrected chi connectivity index (χ0v) is 11.3. The van der Waals surface area contributed by atoms with Crippen LogP contribution in [0.5, 0.6) is 0 Å². The predicted molar refractivity (Wildman–Crippen MR) is 75.4 cm³/mol. The zero-order chi connectivity index (χ0) is 13.8. The number of nitrogens with one attached hydrogen (secondary N) is 1. The number of nitrogens with zero attached hydrogens (tertiary/aromatic N) is 1. The maximum absolute atomic E-state index is 12.0. The van der Waals surface area contributed by atoms with Crippen molar-refractivity contribution in [2.75, 3.05) is 6.61 Å². The molecule has 0 aliphatic carbocycles. The fourth-order valence-corrected chi connectivity index (χ4v) is 2.07. The van der Waals surface area contributed by atoms with Gasteiger partial charge in [0, 0.05) is 5.39 Å². The van der Waals surface area contributed by atoms with Crippen molar-refractivity contribution in [3.63, 3.8) is 0 Å². The Hall–Kier alpha value is -1.65. The van der Waals surface area contributed by atoms with Gasteiger partial charge >= 0.3 is 0 Å². The second kappa shape index (κ2) is 5.99. The number of carbonyl (C=O) groups is 1. The lowest BCUT2D eigenvalue weighted by Crippen LogP contribution is -2.37. The number of hydrogen-bond donors (Lipinski definition) is 2. The van der Waals surface area contributed by atoms with Gasteiger partial charge in [0.1, 0.15) is 10.8 Å². The molecule has 2 aromatic rings. The number of aromatic nitrogens is 1. The highest BCUT2D eigenvalue weighted by atomic mass is 35.5. The van der Waals surface area contributed by atoms with Crippen molar-refractivity contribution in [3.8, 4) is 0 Å². The molecule has 0 saturated carbocycles. The lowest BCUT2D eigenvalue weighted by molar-refractivity contribution is 0.0910. The zero-order valence-electron chi connectivity index (χ0n) is 10.6. The number of rotatable bonds is 4. The van der Waals surface area contributed by atoms with Crippen molar-refractivity contribution in [1.29, 1.82) is 0 Å². The van der Waals surface area contributed by atoms with E-state index in [-0.39, 0.29) is 24.2 Å². The first-order valence-electron chi connectivity index (χ1n) is 6.12. The molecule has 0 saturated heterocycles. The van der Waals surface area contributed by atoms with Gasteiger partial charge in [-0.25, -0.2) is 4.98 Å². The van der Waals surface area contributed by atoms with E-state index in [1.165, 1.54) is 0 Å². The molecule has 1 atom stereocenters. The van der Waals surface area contributed by atoms with Gasteiger partial charge in [0.2, 0.25) is 0 Å². The van der Waals surface area contributed by atoms with E-state index in [9.17, 15) is 4.79 Å². The third kappa shape index (κ3) is 3.03. The average molecular weight is 279 g/mol. The predicted octanol–water partition coefficient (Wildman–Crippen LogP) is 2.39. The molecule has 0 bridgehead atoms. The number of halogens is 1. The van der Waals surface area contributed by atoms with E-state index in [1.807, 2.05) is 31.2 Å². The quantitative estimate of drug-likeness (QED) is 0.844. The number of carbonyl (C=O) groups excluding carboxylic acids is 1. The number of amides is 1. The van der Waals surface area contributed by atoms with E-state index in [4.69, 9.17) is 16.7 Å². The fourth-order valence-electron chi connectivity index (χ4n) is 1.81. The maximum atomic E-state index is 12.0.